The molecule has 1 N–H and O–H groups in total. The Kier molecular flexibility index (Phi) is 4.84. The van der Waals surface area contributed by atoms with Gasteiger partial charge in [0.15, 0.2) is 6.20 Å². The summed E-state index contributed by atoms with van der Waals surface area (Å²) < 4.78 is 1.82. The summed E-state index contributed by atoms with van der Waals surface area (Å²) in [4.78, 5) is 27.8. The highest BCUT2D eigenvalue weighted by Crippen LogP contribution is 2.30. The fraction of sp³-hybridized carbons (Fsp3) is 0.136. The van der Waals surface area contributed by atoms with Crippen LogP contribution in [0.2, 0.25) is 5.02 Å². The maximum absolute atomic E-state index is 13.3. The molecule has 2 aromatic carbocycles. The van der Waals surface area contributed by atoms with Crippen LogP contribution in [0.25, 0.3) is 0 Å². The van der Waals surface area contributed by atoms with E-state index in [1.165, 1.54) is 0 Å². The molecule has 0 radical (unpaired) electrons. The Morgan fingerprint density at radius 1 is 1.11 bits per heavy atom. The van der Waals surface area contributed by atoms with E-state index in [1.54, 1.807) is 29.2 Å². The van der Waals surface area contributed by atoms with E-state index < -0.39 is 6.04 Å². The lowest BCUT2D eigenvalue weighted by molar-refractivity contribution is -0.695. The molecule has 6 heteroatoms. The van der Waals surface area contributed by atoms with E-state index in [1.807, 2.05) is 60.2 Å². The van der Waals surface area contributed by atoms with Crippen molar-refractivity contribution in [2.75, 3.05) is 10.2 Å². The number of aryl methyl sites for hydroxylation is 1. The molecule has 1 aliphatic heterocycles. The Labute approximate surface area is 168 Å². The number of benzene rings is 2. The number of carbonyl (C=O) groups excluding carboxylic acids is 2. The molecule has 0 saturated carbocycles. The first-order valence-electron chi connectivity index (χ1n) is 8.96. The Bertz CT molecular complexity index is 1050. The number of pyridine rings is 1. The number of rotatable bonds is 3. The number of hydrogen-bond acceptors (Lipinski definition) is 2. The second-order valence-electron chi connectivity index (χ2n) is 6.75. The van der Waals surface area contributed by atoms with Crippen LogP contribution in [-0.2, 0) is 16.1 Å². The van der Waals surface area contributed by atoms with Crippen molar-refractivity contribution in [3.8, 4) is 0 Å². The second-order valence-corrected chi connectivity index (χ2v) is 7.19. The molecule has 0 fully saturated rings. The monoisotopic (exact) mass is 392 g/mol. The van der Waals surface area contributed by atoms with Crippen molar-refractivity contribution in [1.29, 1.82) is 0 Å². The first-order valence-corrected chi connectivity index (χ1v) is 9.34. The molecule has 1 aliphatic rings. The van der Waals surface area contributed by atoms with Gasteiger partial charge in [0, 0.05) is 28.5 Å². The minimum atomic E-state index is -0.778. The van der Waals surface area contributed by atoms with Crippen molar-refractivity contribution < 1.29 is 14.2 Å². The number of nitrogens with one attached hydrogen (secondary N) is 1. The van der Waals surface area contributed by atoms with Crippen LogP contribution in [0.1, 0.15) is 17.3 Å². The Morgan fingerprint density at radius 3 is 2.64 bits per heavy atom. The zero-order chi connectivity index (χ0) is 19.7. The van der Waals surface area contributed by atoms with E-state index in [0.29, 0.717) is 16.4 Å². The van der Waals surface area contributed by atoms with Crippen LogP contribution in [0, 0.1) is 6.92 Å². The molecule has 2 amide bonds. The van der Waals surface area contributed by atoms with Gasteiger partial charge in [-0.2, -0.15) is 4.57 Å². The highest BCUT2D eigenvalue weighted by molar-refractivity contribution is 6.30. The average Bonchev–Trinajstić information content (AvgIpc) is 2.68. The van der Waals surface area contributed by atoms with Gasteiger partial charge in [-0.1, -0.05) is 29.8 Å². The maximum atomic E-state index is 13.3. The minimum Gasteiger partial charge on any atom is -0.324 e. The third-order valence-corrected chi connectivity index (χ3v) is 4.98. The Morgan fingerprint density at radius 2 is 1.89 bits per heavy atom. The molecule has 0 saturated heterocycles. The van der Waals surface area contributed by atoms with Crippen LogP contribution in [0.5, 0.6) is 0 Å². The van der Waals surface area contributed by atoms with E-state index in [9.17, 15) is 9.59 Å². The van der Waals surface area contributed by atoms with Gasteiger partial charge in [0.1, 0.15) is 0 Å². The summed E-state index contributed by atoms with van der Waals surface area (Å²) >= 11 is 5.93. The van der Waals surface area contributed by atoms with E-state index in [2.05, 4.69) is 5.32 Å². The van der Waals surface area contributed by atoms with Crippen molar-refractivity contribution in [1.82, 2.24) is 0 Å². The quantitative estimate of drug-likeness (QED) is 0.691. The van der Waals surface area contributed by atoms with E-state index >= 15 is 0 Å². The number of halogens is 1. The van der Waals surface area contributed by atoms with Crippen molar-refractivity contribution in [2.45, 2.75) is 19.5 Å². The van der Waals surface area contributed by atoms with Crippen molar-refractivity contribution in [3.05, 3.63) is 89.2 Å². The molecule has 0 aliphatic carbocycles. The summed E-state index contributed by atoms with van der Waals surface area (Å²) in [6.45, 7) is 2.15. The summed E-state index contributed by atoms with van der Waals surface area (Å²) in [7, 11) is 0. The molecule has 2 heterocycles. The van der Waals surface area contributed by atoms with Crippen LogP contribution < -0.4 is 14.8 Å². The van der Waals surface area contributed by atoms with Crippen molar-refractivity contribution in [2.24, 2.45) is 0 Å². The van der Waals surface area contributed by atoms with Gasteiger partial charge in [-0.15, -0.1) is 0 Å². The lowest BCUT2D eigenvalue weighted by Gasteiger charge is -2.32. The maximum Gasteiger partial charge on any atom is 0.294 e. The van der Waals surface area contributed by atoms with Crippen LogP contribution in [0.4, 0.5) is 11.4 Å². The lowest BCUT2D eigenvalue weighted by Crippen LogP contribution is -2.58. The molecule has 0 spiro atoms. The molecule has 140 valence electrons. The lowest BCUT2D eigenvalue weighted by atomic mass is 10.0. The molecular formula is C22H19ClN3O2+. The van der Waals surface area contributed by atoms with Crippen LogP contribution in [0.15, 0.2) is 72.9 Å². The van der Waals surface area contributed by atoms with Crippen molar-refractivity contribution >= 4 is 34.8 Å². The second kappa shape index (κ2) is 7.44. The van der Waals surface area contributed by atoms with Gasteiger partial charge in [0.2, 0.25) is 18.3 Å². The summed E-state index contributed by atoms with van der Waals surface area (Å²) in [5.74, 6) is -0.414. The largest absolute Gasteiger partial charge is 0.324 e. The molecule has 28 heavy (non-hydrogen) atoms. The number of hydrogen-bond donors (Lipinski definition) is 1. The summed E-state index contributed by atoms with van der Waals surface area (Å²) in [5.41, 5.74) is 3.11. The Hall–Kier alpha value is -3.18. The number of carbonyl (C=O) groups is 2. The molecule has 1 atom stereocenters. The predicted octanol–water partition coefficient (Wildman–Crippen LogP) is 3.66. The number of fused-ring (bicyclic) bond motifs is 1. The van der Waals surface area contributed by atoms with Gasteiger partial charge < -0.3 is 5.32 Å². The van der Waals surface area contributed by atoms with Gasteiger partial charge in [-0.3, -0.25) is 14.5 Å². The number of nitrogens with zero attached hydrogens (tertiary/aromatic N) is 2. The first kappa shape index (κ1) is 18.2. The van der Waals surface area contributed by atoms with Crippen LogP contribution in [-0.4, -0.2) is 11.8 Å². The average molecular weight is 393 g/mol. The molecule has 0 unspecified atom stereocenters. The first-order chi connectivity index (χ1) is 13.5. The normalized spacial score (nSPS) is 15.9. The van der Waals surface area contributed by atoms with E-state index in [-0.39, 0.29) is 18.4 Å². The van der Waals surface area contributed by atoms with Gasteiger partial charge in [-0.25, -0.2) is 0 Å². The molecule has 0 bridgehead atoms. The SMILES string of the molecule is Cc1cccc(N2C(=O)C[n+]3ccccc3[C@@H]2C(=O)Nc2ccc(Cl)cc2)c1. The van der Waals surface area contributed by atoms with Crippen LogP contribution >= 0.6 is 11.6 Å². The van der Waals surface area contributed by atoms with Crippen molar-refractivity contribution in [3.63, 3.8) is 0 Å². The fourth-order valence-corrected chi connectivity index (χ4v) is 3.57. The molecule has 1 aromatic heterocycles. The minimum absolute atomic E-state index is 0.134. The number of amides is 2. The molecule has 5 nitrogen and oxygen atoms in total. The van der Waals surface area contributed by atoms with Gasteiger partial charge in [-0.05, 0) is 48.9 Å². The zero-order valence-corrected chi connectivity index (χ0v) is 16.1. The smallest absolute Gasteiger partial charge is 0.294 e. The Balaban J connectivity index is 1.77. The molecule has 4 rings (SSSR count). The highest BCUT2D eigenvalue weighted by atomic mass is 35.5. The van der Waals surface area contributed by atoms with Crippen LogP contribution in [0.3, 0.4) is 0 Å². The molecular weight excluding hydrogens is 374 g/mol. The summed E-state index contributed by atoms with van der Waals surface area (Å²) in [6.07, 6.45) is 1.82. The van der Waals surface area contributed by atoms with E-state index in [0.717, 1.165) is 11.3 Å². The third kappa shape index (κ3) is 3.49. The number of aromatic nitrogens is 1. The van der Waals surface area contributed by atoms with E-state index in [4.69, 9.17) is 11.6 Å². The fourth-order valence-electron chi connectivity index (χ4n) is 3.45. The summed E-state index contributed by atoms with van der Waals surface area (Å²) in [5, 5.41) is 3.50. The standard InChI is InChI=1S/C22H18ClN3O2/c1-15-5-4-6-18(13-15)26-20(27)14-25-12-3-2-7-19(25)21(26)22(28)24-17-10-8-16(23)9-11-17/h2-13,21H,14H2,1H3/p+1/t21-/m1/s1. The summed E-state index contributed by atoms with van der Waals surface area (Å²) in [6, 6.07) is 19.3. The van der Waals surface area contributed by atoms with Gasteiger partial charge >= 0.3 is 0 Å². The molecule has 3 aromatic rings. The van der Waals surface area contributed by atoms with Gasteiger partial charge in [0.05, 0.1) is 0 Å². The zero-order valence-electron chi connectivity index (χ0n) is 15.3. The third-order valence-electron chi connectivity index (χ3n) is 4.73. The van der Waals surface area contributed by atoms with Gasteiger partial charge in [0.25, 0.3) is 11.8 Å². The number of anilines is 2. The highest BCUT2D eigenvalue weighted by Gasteiger charge is 2.43. The topological polar surface area (TPSA) is 53.3 Å². The predicted molar refractivity (Wildman–Crippen MR) is 108 cm³/mol.